The van der Waals surface area contributed by atoms with Crippen LogP contribution in [0.25, 0.3) is 4.96 Å². The molecule has 2 heterocycles. The second-order valence-corrected chi connectivity index (χ2v) is 6.88. The number of hydrogen-bond donors (Lipinski definition) is 2. The van der Waals surface area contributed by atoms with Crippen LogP contribution in [0.15, 0.2) is 40.9 Å². The minimum absolute atomic E-state index is 0.0358. The van der Waals surface area contributed by atoms with Crippen molar-refractivity contribution in [2.24, 2.45) is 0 Å². The molecule has 0 bridgehead atoms. The van der Waals surface area contributed by atoms with Gasteiger partial charge in [0.1, 0.15) is 0 Å². The summed E-state index contributed by atoms with van der Waals surface area (Å²) >= 11 is 7.14. The number of aromatic nitrogens is 2. The highest BCUT2D eigenvalue weighted by atomic mass is 35.5. The Morgan fingerprint density at radius 3 is 2.95 bits per heavy atom. The third-order valence-corrected chi connectivity index (χ3v) is 4.99. The predicted molar refractivity (Wildman–Crippen MR) is 79.7 cm³/mol. The van der Waals surface area contributed by atoms with Crippen molar-refractivity contribution in [2.45, 2.75) is 5.03 Å². The van der Waals surface area contributed by atoms with Gasteiger partial charge in [0.25, 0.3) is 10.0 Å². The number of halogens is 1. The van der Waals surface area contributed by atoms with Crippen molar-refractivity contribution in [1.82, 2.24) is 9.38 Å². The number of hydrogen-bond acceptors (Lipinski definition) is 5. The molecule has 0 radical (unpaired) electrons. The van der Waals surface area contributed by atoms with E-state index in [0.29, 0.717) is 15.7 Å². The zero-order valence-electron chi connectivity index (χ0n) is 9.95. The third kappa shape index (κ3) is 2.21. The Hall–Kier alpha value is -1.77. The lowest BCUT2D eigenvalue weighted by molar-refractivity contribution is 0.597. The number of fused-ring (bicyclic) bond motifs is 1. The summed E-state index contributed by atoms with van der Waals surface area (Å²) in [6.45, 7) is 0. The quantitative estimate of drug-likeness (QED) is 0.772. The summed E-state index contributed by atoms with van der Waals surface area (Å²) in [4.78, 5) is 4.53. The van der Waals surface area contributed by atoms with Crippen LogP contribution in [0.3, 0.4) is 0 Å². The molecule has 0 atom stereocenters. The monoisotopic (exact) mass is 328 g/mol. The van der Waals surface area contributed by atoms with E-state index < -0.39 is 10.0 Å². The first-order chi connectivity index (χ1) is 9.47. The van der Waals surface area contributed by atoms with Crippen LogP contribution in [-0.2, 0) is 10.0 Å². The molecule has 20 heavy (non-hydrogen) atoms. The molecule has 0 saturated carbocycles. The molecule has 3 rings (SSSR count). The average molecular weight is 329 g/mol. The van der Waals surface area contributed by atoms with Crippen molar-refractivity contribution < 1.29 is 8.42 Å². The average Bonchev–Trinajstić information content (AvgIpc) is 2.87. The van der Waals surface area contributed by atoms with Crippen molar-refractivity contribution >= 4 is 49.4 Å². The van der Waals surface area contributed by atoms with Gasteiger partial charge in [-0.05, 0) is 18.2 Å². The molecule has 104 valence electrons. The van der Waals surface area contributed by atoms with Gasteiger partial charge in [0.05, 0.1) is 5.69 Å². The summed E-state index contributed by atoms with van der Waals surface area (Å²) in [5, 5.41) is 2.10. The van der Waals surface area contributed by atoms with Crippen LogP contribution in [0.5, 0.6) is 0 Å². The van der Waals surface area contributed by atoms with Gasteiger partial charge in [-0.25, -0.2) is 4.98 Å². The van der Waals surface area contributed by atoms with E-state index in [-0.39, 0.29) is 10.8 Å². The van der Waals surface area contributed by atoms with Crippen LogP contribution in [-0.4, -0.2) is 17.8 Å². The minimum Gasteiger partial charge on any atom is -0.381 e. The third-order valence-electron chi connectivity index (χ3n) is 2.57. The van der Waals surface area contributed by atoms with Gasteiger partial charge in [-0.2, -0.15) is 8.42 Å². The Labute approximate surface area is 123 Å². The summed E-state index contributed by atoms with van der Waals surface area (Å²) in [5.41, 5.74) is 6.06. The van der Waals surface area contributed by atoms with E-state index in [1.54, 1.807) is 29.8 Å². The molecule has 3 aromatic rings. The second-order valence-electron chi connectivity index (χ2n) is 3.97. The van der Waals surface area contributed by atoms with Crippen molar-refractivity contribution in [3.63, 3.8) is 0 Å². The lowest BCUT2D eigenvalue weighted by atomic mass is 10.3. The van der Waals surface area contributed by atoms with Gasteiger partial charge in [0, 0.05) is 16.6 Å². The summed E-state index contributed by atoms with van der Waals surface area (Å²) in [7, 11) is -3.84. The van der Waals surface area contributed by atoms with Crippen molar-refractivity contribution in [3.8, 4) is 0 Å². The van der Waals surface area contributed by atoms with Gasteiger partial charge in [-0.3, -0.25) is 9.12 Å². The SMILES string of the molecule is Nc1nc2sccn2c1S(=O)(=O)Nc1cccc(Cl)c1. The standard InChI is InChI=1S/C11H9ClN4O2S2/c12-7-2-1-3-8(6-7)15-20(17,18)10-9(13)14-11-16(10)4-5-19-11/h1-6,15H,13H2. The molecular weight excluding hydrogens is 320 g/mol. The highest BCUT2D eigenvalue weighted by Gasteiger charge is 2.24. The van der Waals surface area contributed by atoms with Gasteiger partial charge in [-0.15, -0.1) is 11.3 Å². The van der Waals surface area contributed by atoms with E-state index in [4.69, 9.17) is 17.3 Å². The molecule has 0 unspecified atom stereocenters. The molecule has 0 spiro atoms. The Kier molecular flexibility index (Phi) is 3.08. The molecule has 0 aliphatic heterocycles. The molecule has 0 saturated heterocycles. The number of nitrogens with zero attached hydrogens (tertiary/aromatic N) is 2. The first-order valence-corrected chi connectivity index (χ1v) is 8.21. The molecule has 1 aromatic carbocycles. The maximum atomic E-state index is 12.4. The van der Waals surface area contributed by atoms with Crippen LogP contribution in [0.4, 0.5) is 11.5 Å². The predicted octanol–water partition coefficient (Wildman–Crippen LogP) is 2.43. The Bertz CT molecular complexity index is 885. The minimum atomic E-state index is -3.84. The largest absolute Gasteiger partial charge is 0.381 e. The molecule has 3 N–H and O–H groups in total. The Morgan fingerprint density at radius 2 is 2.20 bits per heavy atom. The fourth-order valence-electron chi connectivity index (χ4n) is 1.80. The van der Waals surface area contributed by atoms with E-state index >= 15 is 0 Å². The number of anilines is 2. The number of nitrogens with one attached hydrogen (secondary N) is 1. The normalized spacial score (nSPS) is 11.8. The van der Waals surface area contributed by atoms with Gasteiger partial charge < -0.3 is 5.73 Å². The van der Waals surface area contributed by atoms with Crippen LogP contribution >= 0.6 is 22.9 Å². The number of imidazole rings is 1. The second kappa shape index (κ2) is 4.65. The maximum absolute atomic E-state index is 12.4. The Morgan fingerprint density at radius 1 is 1.40 bits per heavy atom. The lowest BCUT2D eigenvalue weighted by Gasteiger charge is -2.07. The first-order valence-electron chi connectivity index (χ1n) is 5.47. The molecule has 2 aromatic heterocycles. The number of sulfonamides is 1. The van der Waals surface area contributed by atoms with E-state index in [0.717, 1.165) is 0 Å². The van der Waals surface area contributed by atoms with Crippen LogP contribution in [0.2, 0.25) is 5.02 Å². The summed E-state index contributed by atoms with van der Waals surface area (Å²) in [5.74, 6) is -0.0358. The van der Waals surface area contributed by atoms with E-state index in [1.807, 2.05) is 0 Å². The summed E-state index contributed by atoms with van der Waals surface area (Å²) in [6, 6.07) is 6.43. The Balaban J connectivity index is 2.08. The number of thiazole rings is 1. The van der Waals surface area contributed by atoms with Gasteiger partial charge in [-0.1, -0.05) is 17.7 Å². The van der Waals surface area contributed by atoms with E-state index in [1.165, 1.54) is 21.8 Å². The van der Waals surface area contributed by atoms with E-state index in [9.17, 15) is 8.42 Å². The molecule has 0 amide bonds. The number of nitrogen functional groups attached to an aromatic ring is 1. The zero-order chi connectivity index (χ0) is 14.3. The van der Waals surface area contributed by atoms with Crippen molar-refractivity contribution in [2.75, 3.05) is 10.5 Å². The topological polar surface area (TPSA) is 89.5 Å². The maximum Gasteiger partial charge on any atom is 0.281 e. The summed E-state index contributed by atoms with van der Waals surface area (Å²) in [6.07, 6.45) is 1.61. The molecule has 0 aliphatic rings. The molecule has 0 aliphatic carbocycles. The lowest BCUT2D eigenvalue weighted by Crippen LogP contribution is -2.16. The fraction of sp³-hybridized carbons (Fsp3) is 0. The van der Waals surface area contributed by atoms with Crippen LogP contribution < -0.4 is 10.5 Å². The van der Waals surface area contributed by atoms with Crippen molar-refractivity contribution in [3.05, 3.63) is 40.9 Å². The highest BCUT2D eigenvalue weighted by molar-refractivity contribution is 7.92. The number of rotatable bonds is 3. The first kappa shape index (κ1) is 13.2. The highest BCUT2D eigenvalue weighted by Crippen LogP contribution is 2.26. The molecule has 9 heteroatoms. The number of benzene rings is 1. The summed E-state index contributed by atoms with van der Waals surface area (Å²) < 4.78 is 28.7. The van der Waals surface area contributed by atoms with E-state index in [2.05, 4.69) is 9.71 Å². The number of nitrogens with two attached hydrogens (primary N) is 1. The van der Waals surface area contributed by atoms with Crippen LogP contribution in [0, 0.1) is 0 Å². The van der Waals surface area contributed by atoms with Gasteiger partial charge in [0.15, 0.2) is 10.8 Å². The van der Waals surface area contributed by atoms with Crippen molar-refractivity contribution in [1.29, 1.82) is 0 Å². The van der Waals surface area contributed by atoms with Crippen LogP contribution in [0.1, 0.15) is 0 Å². The zero-order valence-corrected chi connectivity index (χ0v) is 12.3. The molecule has 6 nitrogen and oxygen atoms in total. The molecular formula is C11H9ClN4O2S2. The van der Waals surface area contributed by atoms with Gasteiger partial charge >= 0.3 is 0 Å². The van der Waals surface area contributed by atoms with Gasteiger partial charge in [0.2, 0.25) is 5.03 Å². The molecule has 0 fully saturated rings. The smallest absolute Gasteiger partial charge is 0.281 e. The fourth-order valence-corrected chi connectivity index (χ4v) is 4.03.